The summed E-state index contributed by atoms with van der Waals surface area (Å²) in [4.78, 5) is 0.126. The van der Waals surface area contributed by atoms with Gasteiger partial charge in [-0.2, -0.15) is 0 Å². The SMILES string of the molecule is Cc1noc(C)c1S(=O)(=O)Nc1ccccc1C(C)Br. The number of anilines is 1. The molecule has 1 N–H and O–H groups in total. The minimum Gasteiger partial charge on any atom is -0.360 e. The van der Waals surface area contributed by atoms with E-state index in [1.807, 2.05) is 19.1 Å². The Labute approximate surface area is 126 Å². The molecular weight excluding hydrogens is 344 g/mol. The van der Waals surface area contributed by atoms with Crippen molar-refractivity contribution >= 4 is 31.6 Å². The van der Waals surface area contributed by atoms with E-state index in [4.69, 9.17) is 4.52 Å². The molecular formula is C13H15BrN2O3S. The molecule has 2 aromatic rings. The Morgan fingerprint density at radius 1 is 1.30 bits per heavy atom. The normalized spacial score (nSPS) is 13.2. The molecule has 1 heterocycles. The van der Waals surface area contributed by atoms with Crippen molar-refractivity contribution < 1.29 is 12.9 Å². The van der Waals surface area contributed by atoms with Gasteiger partial charge in [0.25, 0.3) is 10.0 Å². The highest BCUT2D eigenvalue weighted by Crippen LogP contribution is 2.31. The first-order valence-corrected chi connectivity index (χ1v) is 8.41. The zero-order valence-corrected chi connectivity index (χ0v) is 13.7. The lowest BCUT2D eigenvalue weighted by atomic mass is 10.1. The van der Waals surface area contributed by atoms with Gasteiger partial charge in [-0.25, -0.2) is 8.42 Å². The topological polar surface area (TPSA) is 72.2 Å². The molecule has 0 saturated carbocycles. The maximum absolute atomic E-state index is 12.5. The highest BCUT2D eigenvalue weighted by atomic mass is 79.9. The lowest BCUT2D eigenvalue weighted by molar-refractivity contribution is 0.390. The first-order chi connectivity index (χ1) is 9.33. The molecule has 0 saturated heterocycles. The van der Waals surface area contributed by atoms with E-state index in [9.17, 15) is 8.42 Å². The van der Waals surface area contributed by atoms with Gasteiger partial charge in [0.15, 0.2) is 10.7 Å². The third kappa shape index (κ3) is 2.88. The van der Waals surface area contributed by atoms with Gasteiger partial charge in [0.05, 0.1) is 5.69 Å². The minimum absolute atomic E-state index is 0.0334. The van der Waals surface area contributed by atoms with Crippen LogP contribution >= 0.6 is 15.9 Å². The molecule has 0 bridgehead atoms. The van der Waals surface area contributed by atoms with Crippen LogP contribution in [0.5, 0.6) is 0 Å². The zero-order chi connectivity index (χ0) is 14.9. The molecule has 1 unspecified atom stereocenters. The van der Waals surface area contributed by atoms with E-state index in [0.717, 1.165) is 5.56 Å². The molecule has 0 aliphatic rings. The second-order valence-corrected chi connectivity index (χ2v) is 7.45. The van der Waals surface area contributed by atoms with Crippen LogP contribution in [0.3, 0.4) is 0 Å². The van der Waals surface area contributed by atoms with Crippen molar-refractivity contribution in [1.82, 2.24) is 5.16 Å². The van der Waals surface area contributed by atoms with Crippen molar-refractivity contribution in [3.05, 3.63) is 41.3 Å². The van der Waals surface area contributed by atoms with Gasteiger partial charge in [-0.15, -0.1) is 0 Å². The molecule has 2 rings (SSSR count). The van der Waals surface area contributed by atoms with E-state index in [-0.39, 0.29) is 15.5 Å². The number of sulfonamides is 1. The monoisotopic (exact) mass is 358 g/mol. The largest absolute Gasteiger partial charge is 0.360 e. The summed E-state index contributed by atoms with van der Waals surface area (Å²) in [5.74, 6) is 0.277. The number of rotatable bonds is 4. The number of para-hydroxylation sites is 1. The van der Waals surface area contributed by atoms with Crippen molar-refractivity contribution in [3.8, 4) is 0 Å². The molecule has 20 heavy (non-hydrogen) atoms. The standard InChI is InChI=1S/C13H15BrN2O3S/c1-8(14)11-6-4-5-7-12(11)16-20(17,18)13-9(2)15-19-10(13)3/h4-8,16H,1-3H3. The lowest BCUT2D eigenvalue weighted by Crippen LogP contribution is -2.15. The summed E-state index contributed by atoms with van der Waals surface area (Å²) >= 11 is 3.45. The first-order valence-electron chi connectivity index (χ1n) is 6.01. The summed E-state index contributed by atoms with van der Waals surface area (Å²) in [5, 5.41) is 3.68. The number of hydrogen-bond acceptors (Lipinski definition) is 4. The summed E-state index contributed by atoms with van der Waals surface area (Å²) in [7, 11) is -3.71. The second-order valence-electron chi connectivity index (χ2n) is 4.46. The van der Waals surface area contributed by atoms with E-state index >= 15 is 0 Å². The minimum atomic E-state index is -3.71. The van der Waals surface area contributed by atoms with E-state index in [1.54, 1.807) is 26.0 Å². The summed E-state index contributed by atoms with van der Waals surface area (Å²) in [5.41, 5.74) is 1.75. The van der Waals surface area contributed by atoms with Crippen molar-refractivity contribution in [3.63, 3.8) is 0 Å². The second kappa shape index (κ2) is 5.57. The Kier molecular flexibility index (Phi) is 4.19. The Morgan fingerprint density at radius 3 is 2.50 bits per heavy atom. The summed E-state index contributed by atoms with van der Waals surface area (Å²) in [6.45, 7) is 5.11. The Balaban J connectivity index is 2.45. The van der Waals surface area contributed by atoms with Crippen molar-refractivity contribution in [1.29, 1.82) is 0 Å². The summed E-state index contributed by atoms with van der Waals surface area (Å²) < 4.78 is 32.4. The van der Waals surface area contributed by atoms with Gasteiger partial charge >= 0.3 is 0 Å². The molecule has 7 heteroatoms. The average Bonchev–Trinajstić information content (AvgIpc) is 2.69. The highest BCUT2D eigenvalue weighted by Gasteiger charge is 2.25. The van der Waals surface area contributed by atoms with Gasteiger partial charge in [-0.3, -0.25) is 4.72 Å². The predicted octanol–water partition coefficient (Wildman–Crippen LogP) is 3.55. The van der Waals surface area contributed by atoms with Crippen LogP contribution in [0.4, 0.5) is 5.69 Å². The van der Waals surface area contributed by atoms with Crippen LogP contribution in [0.1, 0.15) is 28.8 Å². The summed E-state index contributed by atoms with van der Waals surface area (Å²) in [6, 6.07) is 7.23. The average molecular weight is 359 g/mol. The smallest absolute Gasteiger partial charge is 0.267 e. The van der Waals surface area contributed by atoms with E-state index in [1.165, 1.54) is 0 Å². The number of halogens is 1. The molecule has 0 radical (unpaired) electrons. The Hall–Kier alpha value is -1.34. The molecule has 5 nitrogen and oxygen atoms in total. The van der Waals surface area contributed by atoms with Crippen LogP contribution < -0.4 is 4.72 Å². The van der Waals surface area contributed by atoms with Gasteiger partial charge in [0.2, 0.25) is 0 Å². The van der Waals surface area contributed by atoms with Gasteiger partial charge in [-0.1, -0.05) is 39.3 Å². The molecule has 0 aliphatic carbocycles. The highest BCUT2D eigenvalue weighted by molar-refractivity contribution is 9.09. The lowest BCUT2D eigenvalue weighted by Gasteiger charge is -2.13. The molecule has 0 fully saturated rings. The molecule has 1 aromatic carbocycles. The van der Waals surface area contributed by atoms with Crippen LogP contribution in [-0.4, -0.2) is 13.6 Å². The van der Waals surface area contributed by atoms with Gasteiger partial charge < -0.3 is 4.52 Å². The van der Waals surface area contributed by atoms with Crippen molar-refractivity contribution in [2.45, 2.75) is 30.5 Å². The maximum Gasteiger partial charge on any atom is 0.267 e. The molecule has 0 spiro atoms. The Bertz CT molecular complexity index is 703. The van der Waals surface area contributed by atoms with Crippen LogP contribution in [0.15, 0.2) is 33.7 Å². The number of alkyl halides is 1. The van der Waals surface area contributed by atoms with Crippen LogP contribution in [0, 0.1) is 13.8 Å². The third-order valence-corrected chi connectivity index (χ3v) is 4.97. The summed E-state index contributed by atoms with van der Waals surface area (Å²) in [6.07, 6.45) is 0. The predicted molar refractivity (Wildman–Crippen MR) is 80.6 cm³/mol. The number of nitrogens with one attached hydrogen (secondary N) is 1. The quantitative estimate of drug-likeness (QED) is 0.848. The number of nitrogens with zero attached hydrogens (tertiary/aromatic N) is 1. The fourth-order valence-corrected chi connectivity index (χ4v) is 3.81. The number of aryl methyl sites for hydroxylation is 2. The zero-order valence-electron chi connectivity index (χ0n) is 11.3. The van der Waals surface area contributed by atoms with Gasteiger partial charge in [0, 0.05) is 4.83 Å². The molecule has 1 atom stereocenters. The number of benzene rings is 1. The van der Waals surface area contributed by atoms with E-state index < -0.39 is 10.0 Å². The van der Waals surface area contributed by atoms with Gasteiger partial charge in [0.1, 0.15) is 5.69 Å². The van der Waals surface area contributed by atoms with E-state index in [2.05, 4.69) is 25.8 Å². The first kappa shape index (κ1) is 15.1. The fourth-order valence-electron chi connectivity index (χ4n) is 1.99. The van der Waals surface area contributed by atoms with Crippen LogP contribution in [0.25, 0.3) is 0 Å². The number of hydrogen-bond donors (Lipinski definition) is 1. The molecule has 1 aromatic heterocycles. The van der Waals surface area contributed by atoms with Crippen molar-refractivity contribution in [2.75, 3.05) is 4.72 Å². The van der Waals surface area contributed by atoms with Crippen LogP contribution in [-0.2, 0) is 10.0 Å². The molecule has 108 valence electrons. The van der Waals surface area contributed by atoms with Crippen LogP contribution in [0.2, 0.25) is 0 Å². The molecule has 0 aliphatic heterocycles. The fraction of sp³-hybridized carbons (Fsp3) is 0.308. The molecule has 0 amide bonds. The van der Waals surface area contributed by atoms with Crippen molar-refractivity contribution in [2.24, 2.45) is 0 Å². The maximum atomic E-state index is 12.5. The third-order valence-electron chi connectivity index (χ3n) is 2.87. The number of aromatic nitrogens is 1. The van der Waals surface area contributed by atoms with E-state index in [0.29, 0.717) is 11.4 Å². The van der Waals surface area contributed by atoms with Gasteiger partial charge in [-0.05, 0) is 32.4 Å². The Morgan fingerprint density at radius 2 is 1.95 bits per heavy atom.